The van der Waals surface area contributed by atoms with Gasteiger partial charge in [-0.25, -0.2) is 4.98 Å². The highest BCUT2D eigenvalue weighted by Gasteiger charge is 2.30. The van der Waals surface area contributed by atoms with Crippen molar-refractivity contribution in [2.75, 3.05) is 4.90 Å². The first-order valence-corrected chi connectivity index (χ1v) is 7.06. The van der Waals surface area contributed by atoms with Crippen molar-refractivity contribution in [3.63, 3.8) is 0 Å². The van der Waals surface area contributed by atoms with E-state index < -0.39 is 4.92 Å². The van der Waals surface area contributed by atoms with Crippen molar-refractivity contribution in [1.82, 2.24) is 4.98 Å². The van der Waals surface area contributed by atoms with Gasteiger partial charge in [0.15, 0.2) is 0 Å². The third-order valence-electron chi connectivity index (χ3n) is 3.70. The molecule has 0 bridgehead atoms. The van der Waals surface area contributed by atoms with E-state index in [1.54, 1.807) is 6.07 Å². The highest BCUT2D eigenvalue weighted by Crippen LogP contribution is 2.32. The molecule has 5 nitrogen and oxygen atoms in total. The minimum absolute atomic E-state index is 0.0323. The van der Waals surface area contributed by atoms with Crippen LogP contribution in [-0.2, 0) is 6.54 Å². The van der Waals surface area contributed by atoms with Crippen LogP contribution in [0.25, 0.3) is 0 Å². The van der Waals surface area contributed by atoms with Gasteiger partial charge < -0.3 is 4.90 Å². The monoisotopic (exact) mass is 283 g/mol. The summed E-state index contributed by atoms with van der Waals surface area (Å²) in [6.45, 7) is 2.86. The van der Waals surface area contributed by atoms with Crippen LogP contribution in [0.1, 0.15) is 24.0 Å². The summed E-state index contributed by atoms with van der Waals surface area (Å²) >= 11 is 0. The molecular formula is C16H17N3O2. The van der Waals surface area contributed by atoms with Crippen LogP contribution in [0, 0.1) is 17.0 Å². The van der Waals surface area contributed by atoms with Crippen molar-refractivity contribution in [2.24, 2.45) is 0 Å². The Bertz CT molecular complexity index is 634. The number of hydrogen-bond donors (Lipinski definition) is 0. The van der Waals surface area contributed by atoms with E-state index in [9.17, 15) is 10.1 Å². The van der Waals surface area contributed by atoms with E-state index in [-0.39, 0.29) is 5.69 Å². The van der Waals surface area contributed by atoms with E-state index in [4.69, 9.17) is 0 Å². The Balaban J connectivity index is 1.81. The van der Waals surface area contributed by atoms with Crippen molar-refractivity contribution in [1.29, 1.82) is 0 Å². The summed E-state index contributed by atoms with van der Waals surface area (Å²) in [5.41, 5.74) is 2.50. The van der Waals surface area contributed by atoms with Crippen LogP contribution >= 0.6 is 0 Å². The van der Waals surface area contributed by atoms with E-state index in [2.05, 4.69) is 41.1 Å². The minimum Gasteiger partial charge on any atom is -0.349 e. The number of nitrogens with zero attached hydrogens (tertiary/aromatic N) is 3. The third kappa shape index (κ3) is 3.18. The van der Waals surface area contributed by atoms with Crippen LogP contribution in [-0.4, -0.2) is 15.9 Å². The zero-order chi connectivity index (χ0) is 14.8. The van der Waals surface area contributed by atoms with Gasteiger partial charge in [0.2, 0.25) is 0 Å². The summed E-state index contributed by atoms with van der Waals surface area (Å²) in [4.78, 5) is 16.8. The zero-order valence-electron chi connectivity index (χ0n) is 11.9. The molecule has 0 amide bonds. The molecule has 2 aromatic rings. The second-order valence-corrected chi connectivity index (χ2v) is 5.48. The Morgan fingerprint density at radius 3 is 2.48 bits per heavy atom. The number of nitro groups is 1. The fourth-order valence-corrected chi connectivity index (χ4v) is 2.33. The highest BCUT2D eigenvalue weighted by molar-refractivity contribution is 5.46. The number of benzene rings is 1. The minimum atomic E-state index is -0.418. The lowest BCUT2D eigenvalue weighted by molar-refractivity contribution is -0.385. The first-order chi connectivity index (χ1) is 10.1. The molecule has 0 radical (unpaired) electrons. The van der Waals surface area contributed by atoms with Gasteiger partial charge in [0.25, 0.3) is 5.69 Å². The fraction of sp³-hybridized carbons (Fsp3) is 0.312. The molecule has 1 aliphatic rings. The average Bonchev–Trinajstić information content (AvgIpc) is 3.31. The smallest absolute Gasteiger partial charge is 0.287 e. The molecule has 108 valence electrons. The van der Waals surface area contributed by atoms with Gasteiger partial charge >= 0.3 is 0 Å². The van der Waals surface area contributed by atoms with E-state index >= 15 is 0 Å². The Hall–Kier alpha value is -2.43. The number of anilines is 1. The molecule has 1 saturated carbocycles. The molecule has 5 heteroatoms. The summed E-state index contributed by atoms with van der Waals surface area (Å²) in [5, 5.41) is 10.7. The first kappa shape index (κ1) is 13.5. The number of aryl methyl sites for hydroxylation is 1. The van der Waals surface area contributed by atoms with E-state index in [1.165, 1.54) is 23.4 Å². The van der Waals surface area contributed by atoms with Gasteiger partial charge in [-0.05, 0) is 31.4 Å². The van der Waals surface area contributed by atoms with E-state index in [1.807, 2.05) is 0 Å². The van der Waals surface area contributed by atoms with Gasteiger partial charge in [0.05, 0.1) is 4.92 Å². The molecule has 1 heterocycles. The van der Waals surface area contributed by atoms with Gasteiger partial charge in [-0.2, -0.15) is 0 Å². The summed E-state index contributed by atoms with van der Waals surface area (Å²) < 4.78 is 0. The summed E-state index contributed by atoms with van der Waals surface area (Å²) in [5.74, 6) is 0.809. The molecule has 1 aromatic heterocycles. The SMILES string of the molecule is Cc1ccc(CN(c2ccc([N+](=O)[O-])cn2)C2CC2)cc1. The lowest BCUT2D eigenvalue weighted by Crippen LogP contribution is -2.25. The highest BCUT2D eigenvalue weighted by atomic mass is 16.6. The average molecular weight is 283 g/mol. The van der Waals surface area contributed by atoms with Gasteiger partial charge in [0, 0.05) is 18.7 Å². The van der Waals surface area contributed by atoms with Gasteiger partial charge in [0.1, 0.15) is 12.0 Å². The maximum absolute atomic E-state index is 10.7. The predicted octanol–water partition coefficient (Wildman–Crippen LogP) is 3.47. The number of aromatic nitrogens is 1. The quantitative estimate of drug-likeness (QED) is 0.622. The van der Waals surface area contributed by atoms with E-state index in [0.717, 1.165) is 25.2 Å². The van der Waals surface area contributed by atoms with Crippen LogP contribution in [0.2, 0.25) is 0 Å². The van der Waals surface area contributed by atoms with Gasteiger partial charge in [-0.3, -0.25) is 10.1 Å². The molecule has 0 aliphatic heterocycles. The third-order valence-corrected chi connectivity index (χ3v) is 3.70. The Morgan fingerprint density at radius 1 is 1.24 bits per heavy atom. The first-order valence-electron chi connectivity index (χ1n) is 7.06. The van der Waals surface area contributed by atoms with Crippen molar-refractivity contribution in [3.8, 4) is 0 Å². The molecule has 0 saturated heterocycles. The molecule has 0 unspecified atom stereocenters. The van der Waals surface area contributed by atoms with Crippen molar-refractivity contribution in [2.45, 2.75) is 32.4 Å². The molecule has 21 heavy (non-hydrogen) atoms. The number of pyridine rings is 1. The molecule has 1 aliphatic carbocycles. The second kappa shape index (κ2) is 5.52. The Morgan fingerprint density at radius 2 is 1.95 bits per heavy atom. The van der Waals surface area contributed by atoms with Crippen LogP contribution in [0.15, 0.2) is 42.6 Å². The number of hydrogen-bond acceptors (Lipinski definition) is 4. The lowest BCUT2D eigenvalue weighted by atomic mass is 10.1. The summed E-state index contributed by atoms with van der Waals surface area (Å²) in [7, 11) is 0. The van der Waals surface area contributed by atoms with Crippen LogP contribution in [0.3, 0.4) is 0 Å². The molecule has 3 rings (SSSR count). The standard InChI is InChI=1S/C16H17N3O2/c1-12-2-4-13(5-3-12)11-18(14-6-7-14)16-9-8-15(10-17-16)19(20)21/h2-5,8-10,14H,6-7,11H2,1H3. The normalized spacial score (nSPS) is 14.0. The number of rotatable bonds is 5. The van der Waals surface area contributed by atoms with Crippen LogP contribution in [0.5, 0.6) is 0 Å². The maximum Gasteiger partial charge on any atom is 0.287 e. The maximum atomic E-state index is 10.7. The van der Waals surface area contributed by atoms with Crippen LogP contribution in [0.4, 0.5) is 11.5 Å². The van der Waals surface area contributed by atoms with Crippen molar-refractivity contribution in [3.05, 3.63) is 63.8 Å². The van der Waals surface area contributed by atoms with Crippen molar-refractivity contribution < 1.29 is 4.92 Å². The molecular weight excluding hydrogens is 266 g/mol. The molecule has 1 fully saturated rings. The Labute approximate surface area is 123 Å². The molecule has 0 spiro atoms. The lowest BCUT2D eigenvalue weighted by Gasteiger charge is -2.23. The molecule has 0 N–H and O–H groups in total. The molecule has 0 atom stereocenters. The second-order valence-electron chi connectivity index (χ2n) is 5.48. The van der Waals surface area contributed by atoms with Crippen molar-refractivity contribution >= 4 is 11.5 Å². The van der Waals surface area contributed by atoms with Crippen LogP contribution < -0.4 is 4.90 Å². The zero-order valence-corrected chi connectivity index (χ0v) is 11.9. The largest absolute Gasteiger partial charge is 0.349 e. The predicted molar refractivity (Wildman–Crippen MR) is 81.3 cm³/mol. The Kier molecular flexibility index (Phi) is 3.56. The fourth-order valence-electron chi connectivity index (χ4n) is 2.33. The van der Waals surface area contributed by atoms with Gasteiger partial charge in [-0.15, -0.1) is 0 Å². The summed E-state index contributed by atoms with van der Waals surface area (Å²) in [6, 6.07) is 12.2. The molecule has 1 aromatic carbocycles. The van der Waals surface area contributed by atoms with E-state index in [0.29, 0.717) is 6.04 Å². The topological polar surface area (TPSA) is 59.3 Å². The van der Waals surface area contributed by atoms with Gasteiger partial charge in [-0.1, -0.05) is 29.8 Å². The summed E-state index contributed by atoms with van der Waals surface area (Å²) in [6.07, 6.45) is 3.65.